The van der Waals surface area contributed by atoms with E-state index in [2.05, 4.69) is 17.0 Å². The van der Waals surface area contributed by atoms with E-state index in [0.717, 1.165) is 19.4 Å². The first kappa shape index (κ1) is 18.2. The van der Waals surface area contributed by atoms with E-state index in [1.165, 1.54) is 0 Å². The third kappa shape index (κ3) is 5.13. The third-order valence-electron chi connectivity index (χ3n) is 3.49. The first-order valence-corrected chi connectivity index (χ1v) is 9.12. The van der Waals surface area contributed by atoms with Gasteiger partial charge in [0, 0.05) is 12.1 Å². The number of nitrogens with one attached hydrogen (secondary N) is 2. The molecule has 0 spiro atoms. The second-order valence-electron chi connectivity index (χ2n) is 5.69. The van der Waals surface area contributed by atoms with Crippen LogP contribution in [0.2, 0.25) is 0 Å². The largest absolute Gasteiger partial charge is 0.464 e. The number of sulfonamides is 1. The maximum atomic E-state index is 12.5. The minimum absolute atomic E-state index is 0.0639. The van der Waals surface area contributed by atoms with E-state index in [-0.39, 0.29) is 16.9 Å². The lowest BCUT2D eigenvalue weighted by molar-refractivity contribution is 0.435. The van der Waals surface area contributed by atoms with Crippen molar-refractivity contribution in [1.82, 2.24) is 10.0 Å². The van der Waals surface area contributed by atoms with Crippen molar-refractivity contribution < 1.29 is 12.8 Å². The fourth-order valence-corrected chi connectivity index (χ4v) is 3.89. The summed E-state index contributed by atoms with van der Waals surface area (Å²) in [4.78, 5) is 0.245. The zero-order chi connectivity index (χ0) is 16.0. The smallest absolute Gasteiger partial charge is 0.244 e. The fraction of sp³-hybridized carbons (Fsp3) is 0.733. The maximum Gasteiger partial charge on any atom is 0.244 e. The van der Waals surface area contributed by atoms with Crippen molar-refractivity contribution in [3.8, 4) is 0 Å². The van der Waals surface area contributed by atoms with E-state index >= 15 is 0 Å². The number of aryl methyl sites for hydroxylation is 1. The number of rotatable bonds is 9. The molecule has 1 unspecified atom stereocenters. The highest BCUT2D eigenvalue weighted by atomic mass is 32.2. The summed E-state index contributed by atoms with van der Waals surface area (Å²) in [5.74, 6) is 1.34. The lowest BCUT2D eigenvalue weighted by Gasteiger charge is -2.20. The van der Waals surface area contributed by atoms with E-state index in [9.17, 15) is 8.42 Å². The van der Waals surface area contributed by atoms with Crippen LogP contribution in [0.15, 0.2) is 15.4 Å². The van der Waals surface area contributed by atoms with Crippen LogP contribution >= 0.6 is 0 Å². The van der Waals surface area contributed by atoms with Crippen molar-refractivity contribution in [2.75, 3.05) is 6.54 Å². The molecule has 0 radical (unpaired) electrons. The Morgan fingerprint density at radius 2 is 1.95 bits per heavy atom. The van der Waals surface area contributed by atoms with E-state index in [0.29, 0.717) is 18.1 Å². The predicted octanol–water partition coefficient (Wildman–Crippen LogP) is 2.80. The van der Waals surface area contributed by atoms with Crippen molar-refractivity contribution >= 4 is 10.0 Å². The summed E-state index contributed by atoms with van der Waals surface area (Å²) in [7, 11) is -3.53. The van der Waals surface area contributed by atoms with Crippen LogP contribution in [0.3, 0.4) is 0 Å². The molecule has 1 atom stereocenters. The van der Waals surface area contributed by atoms with Gasteiger partial charge in [-0.05, 0) is 32.2 Å². The second kappa shape index (κ2) is 7.96. The Balaban J connectivity index is 2.88. The highest BCUT2D eigenvalue weighted by Gasteiger charge is 2.25. The summed E-state index contributed by atoms with van der Waals surface area (Å²) in [6.45, 7) is 11.2. The van der Waals surface area contributed by atoms with Crippen LogP contribution in [0.25, 0.3) is 0 Å². The summed E-state index contributed by atoms with van der Waals surface area (Å²) < 4.78 is 33.3. The van der Waals surface area contributed by atoms with Crippen LogP contribution in [-0.2, 0) is 16.6 Å². The van der Waals surface area contributed by atoms with Gasteiger partial charge in [-0.2, -0.15) is 0 Å². The standard InChI is InChI=1S/C15H28N2O3S/c1-6-8-16-10-13-9-15(12(5)20-13)21(18,19)17-14(7-2)11(3)4/h9,11,14,16-17H,6-8,10H2,1-5H3. The van der Waals surface area contributed by atoms with Gasteiger partial charge in [-0.3, -0.25) is 0 Å². The highest BCUT2D eigenvalue weighted by molar-refractivity contribution is 7.89. The molecule has 0 aliphatic carbocycles. The van der Waals surface area contributed by atoms with Crippen LogP contribution in [0.5, 0.6) is 0 Å². The molecule has 0 aliphatic heterocycles. The van der Waals surface area contributed by atoms with Crippen LogP contribution in [0.1, 0.15) is 52.1 Å². The molecular weight excluding hydrogens is 288 g/mol. The molecule has 0 amide bonds. The van der Waals surface area contributed by atoms with Gasteiger partial charge in [-0.25, -0.2) is 13.1 Å². The average molecular weight is 316 g/mol. The maximum absolute atomic E-state index is 12.5. The van der Waals surface area contributed by atoms with Crippen molar-refractivity contribution in [3.05, 3.63) is 17.6 Å². The van der Waals surface area contributed by atoms with Gasteiger partial charge in [-0.1, -0.05) is 27.7 Å². The Kier molecular flexibility index (Phi) is 6.90. The first-order valence-electron chi connectivity index (χ1n) is 7.64. The van der Waals surface area contributed by atoms with E-state index in [1.54, 1.807) is 13.0 Å². The minimum atomic E-state index is -3.53. The molecule has 1 aromatic rings. The first-order chi connectivity index (χ1) is 9.81. The third-order valence-corrected chi connectivity index (χ3v) is 5.09. The monoisotopic (exact) mass is 316 g/mol. The molecule has 0 aromatic carbocycles. The Hall–Kier alpha value is -0.850. The minimum Gasteiger partial charge on any atom is -0.464 e. The molecule has 1 aromatic heterocycles. The Labute approximate surface area is 128 Å². The summed E-state index contributed by atoms with van der Waals surface area (Å²) in [5.41, 5.74) is 0. The second-order valence-corrected chi connectivity index (χ2v) is 7.37. The Morgan fingerprint density at radius 3 is 2.48 bits per heavy atom. The van der Waals surface area contributed by atoms with Gasteiger partial charge < -0.3 is 9.73 Å². The molecule has 0 saturated heterocycles. The molecule has 1 heterocycles. The molecular formula is C15H28N2O3S. The predicted molar refractivity (Wildman–Crippen MR) is 84.7 cm³/mol. The van der Waals surface area contributed by atoms with E-state index in [4.69, 9.17) is 4.42 Å². The van der Waals surface area contributed by atoms with Crippen molar-refractivity contribution in [2.24, 2.45) is 5.92 Å². The zero-order valence-electron chi connectivity index (χ0n) is 13.7. The normalized spacial score (nSPS) is 13.8. The van der Waals surface area contributed by atoms with Crippen LogP contribution in [-0.4, -0.2) is 21.0 Å². The molecule has 5 nitrogen and oxygen atoms in total. The summed E-state index contributed by atoms with van der Waals surface area (Å²) in [6.07, 6.45) is 1.79. The van der Waals surface area contributed by atoms with Gasteiger partial charge in [-0.15, -0.1) is 0 Å². The average Bonchev–Trinajstić information content (AvgIpc) is 2.78. The van der Waals surface area contributed by atoms with E-state index < -0.39 is 10.0 Å². The number of hydrogen-bond acceptors (Lipinski definition) is 4. The van der Waals surface area contributed by atoms with Crippen LogP contribution < -0.4 is 10.0 Å². The Morgan fingerprint density at radius 1 is 1.29 bits per heavy atom. The number of furan rings is 1. The molecule has 0 saturated carbocycles. The molecule has 6 heteroatoms. The molecule has 1 rings (SSSR count). The molecule has 0 bridgehead atoms. The lowest BCUT2D eigenvalue weighted by Crippen LogP contribution is -2.38. The van der Waals surface area contributed by atoms with Crippen molar-refractivity contribution in [2.45, 2.75) is 64.9 Å². The quantitative estimate of drug-likeness (QED) is 0.687. The van der Waals surface area contributed by atoms with Gasteiger partial charge in [0.05, 0.1) is 6.54 Å². The summed E-state index contributed by atoms with van der Waals surface area (Å²) >= 11 is 0. The van der Waals surface area contributed by atoms with E-state index in [1.807, 2.05) is 20.8 Å². The molecule has 21 heavy (non-hydrogen) atoms. The van der Waals surface area contributed by atoms with Crippen LogP contribution in [0.4, 0.5) is 0 Å². The SMILES string of the molecule is CCCNCc1cc(S(=O)(=O)NC(CC)C(C)C)c(C)o1. The Bertz CT molecular complexity index is 535. The fourth-order valence-electron chi connectivity index (χ4n) is 2.22. The molecule has 0 fully saturated rings. The van der Waals surface area contributed by atoms with Gasteiger partial charge in [0.2, 0.25) is 10.0 Å². The van der Waals surface area contributed by atoms with Crippen LogP contribution in [0, 0.1) is 12.8 Å². The summed E-state index contributed by atoms with van der Waals surface area (Å²) in [5, 5.41) is 3.20. The zero-order valence-corrected chi connectivity index (χ0v) is 14.5. The summed E-state index contributed by atoms with van der Waals surface area (Å²) in [6, 6.07) is 1.55. The molecule has 0 aliphatic rings. The van der Waals surface area contributed by atoms with Gasteiger partial charge in [0.25, 0.3) is 0 Å². The molecule has 2 N–H and O–H groups in total. The topological polar surface area (TPSA) is 71.3 Å². The number of hydrogen-bond donors (Lipinski definition) is 2. The lowest BCUT2D eigenvalue weighted by atomic mass is 10.0. The highest BCUT2D eigenvalue weighted by Crippen LogP contribution is 2.21. The van der Waals surface area contributed by atoms with Gasteiger partial charge in [0.15, 0.2) is 0 Å². The molecule has 122 valence electrons. The van der Waals surface area contributed by atoms with Gasteiger partial charge >= 0.3 is 0 Å². The van der Waals surface area contributed by atoms with Gasteiger partial charge in [0.1, 0.15) is 16.4 Å². The van der Waals surface area contributed by atoms with Crippen molar-refractivity contribution in [1.29, 1.82) is 0 Å². The van der Waals surface area contributed by atoms with Crippen molar-refractivity contribution in [3.63, 3.8) is 0 Å².